The summed E-state index contributed by atoms with van der Waals surface area (Å²) in [7, 11) is 0. The minimum Gasteiger partial charge on any atom is -0.392 e. The third-order valence-electron chi connectivity index (χ3n) is 2.76. The number of aliphatic hydroxyl groups excluding tert-OH is 1. The van der Waals surface area contributed by atoms with Crippen LogP contribution in [0.2, 0.25) is 0 Å². The fourth-order valence-electron chi connectivity index (χ4n) is 1.65. The van der Waals surface area contributed by atoms with Gasteiger partial charge >= 0.3 is 0 Å². The van der Waals surface area contributed by atoms with Crippen molar-refractivity contribution in [2.24, 2.45) is 0 Å². The molecule has 0 saturated carbocycles. The first-order valence-electron chi connectivity index (χ1n) is 5.84. The predicted molar refractivity (Wildman–Crippen MR) is 71.5 cm³/mol. The van der Waals surface area contributed by atoms with Gasteiger partial charge in [-0.15, -0.1) is 0 Å². The van der Waals surface area contributed by atoms with Crippen molar-refractivity contribution >= 4 is 15.9 Å². The Labute approximate surface area is 106 Å². The maximum atomic E-state index is 9.54. The van der Waals surface area contributed by atoms with E-state index in [2.05, 4.69) is 40.3 Å². The third kappa shape index (κ3) is 3.89. The zero-order valence-corrected chi connectivity index (χ0v) is 11.5. The highest BCUT2D eigenvalue weighted by molar-refractivity contribution is 9.10. The van der Waals surface area contributed by atoms with Crippen molar-refractivity contribution in [2.45, 2.75) is 38.8 Å². The van der Waals surface area contributed by atoms with Crippen LogP contribution in [0.15, 0.2) is 28.7 Å². The van der Waals surface area contributed by atoms with Gasteiger partial charge in [0.2, 0.25) is 0 Å². The van der Waals surface area contributed by atoms with Crippen molar-refractivity contribution in [3.8, 4) is 0 Å². The van der Waals surface area contributed by atoms with E-state index in [-0.39, 0.29) is 6.10 Å². The van der Waals surface area contributed by atoms with Crippen LogP contribution >= 0.6 is 15.9 Å². The lowest BCUT2D eigenvalue weighted by Gasteiger charge is -2.20. The molecule has 1 aromatic rings. The van der Waals surface area contributed by atoms with E-state index in [0.717, 1.165) is 17.3 Å². The Balaban J connectivity index is 2.64. The van der Waals surface area contributed by atoms with Crippen molar-refractivity contribution in [3.63, 3.8) is 0 Å². The summed E-state index contributed by atoms with van der Waals surface area (Å²) in [6.07, 6.45) is 1.55. The predicted octanol–water partition coefficient (Wildman–Crippen LogP) is 3.26. The molecule has 1 rings (SSSR count). The average molecular weight is 286 g/mol. The first kappa shape index (κ1) is 13.7. The van der Waals surface area contributed by atoms with Gasteiger partial charge in [0.15, 0.2) is 0 Å². The fourth-order valence-corrected chi connectivity index (χ4v) is 2.22. The number of hydrogen-bond acceptors (Lipinski definition) is 2. The molecule has 2 unspecified atom stereocenters. The largest absolute Gasteiger partial charge is 0.392 e. The molecular weight excluding hydrogens is 266 g/mol. The second kappa shape index (κ2) is 7.05. The van der Waals surface area contributed by atoms with Crippen molar-refractivity contribution in [3.05, 3.63) is 34.3 Å². The second-order valence-electron chi connectivity index (χ2n) is 3.95. The zero-order valence-electron chi connectivity index (χ0n) is 9.91. The first-order chi connectivity index (χ1) is 7.69. The zero-order chi connectivity index (χ0) is 12.0. The van der Waals surface area contributed by atoms with Crippen LogP contribution in [0.4, 0.5) is 0 Å². The van der Waals surface area contributed by atoms with Gasteiger partial charge in [0.05, 0.1) is 6.10 Å². The molecule has 0 aromatic heterocycles. The lowest BCUT2D eigenvalue weighted by Crippen LogP contribution is -2.29. The maximum absolute atomic E-state index is 9.54. The van der Waals surface area contributed by atoms with Gasteiger partial charge in [0.25, 0.3) is 0 Å². The molecule has 0 saturated heterocycles. The molecule has 3 heteroatoms. The Morgan fingerprint density at radius 2 is 1.94 bits per heavy atom. The van der Waals surface area contributed by atoms with Crippen molar-refractivity contribution in [2.75, 3.05) is 6.54 Å². The van der Waals surface area contributed by atoms with Crippen LogP contribution in [0.1, 0.15) is 38.3 Å². The second-order valence-corrected chi connectivity index (χ2v) is 4.81. The van der Waals surface area contributed by atoms with Crippen LogP contribution in [0, 0.1) is 0 Å². The number of halogens is 1. The minimum atomic E-state index is -0.253. The number of nitrogens with one attached hydrogen (secondary N) is 1. The van der Waals surface area contributed by atoms with Gasteiger partial charge in [0, 0.05) is 17.1 Å². The molecule has 0 bridgehead atoms. The highest BCUT2D eigenvalue weighted by Crippen LogP contribution is 2.25. The van der Waals surface area contributed by atoms with Gasteiger partial charge in [-0.3, -0.25) is 0 Å². The molecule has 0 aliphatic heterocycles. The van der Waals surface area contributed by atoms with E-state index in [4.69, 9.17) is 0 Å². The molecule has 0 spiro atoms. The molecule has 90 valence electrons. The average Bonchev–Trinajstić information content (AvgIpc) is 2.31. The van der Waals surface area contributed by atoms with Crippen LogP contribution in [-0.2, 0) is 0 Å². The Kier molecular flexibility index (Phi) is 6.03. The summed E-state index contributed by atoms with van der Waals surface area (Å²) >= 11 is 3.56. The molecule has 2 N–H and O–H groups in total. The van der Waals surface area contributed by atoms with Gasteiger partial charge in [0.1, 0.15) is 0 Å². The van der Waals surface area contributed by atoms with E-state index in [1.807, 2.05) is 19.1 Å². The van der Waals surface area contributed by atoms with E-state index in [1.165, 1.54) is 5.56 Å². The summed E-state index contributed by atoms with van der Waals surface area (Å²) in [5.41, 5.74) is 1.26. The molecule has 0 amide bonds. The van der Waals surface area contributed by atoms with E-state index >= 15 is 0 Å². The Hall–Kier alpha value is -0.380. The van der Waals surface area contributed by atoms with Gasteiger partial charge in [-0.05, 0) is 24.5 Å². The topological polar surface area (TPSA) is 32.3 Å². The molecule has 16 heavy (non-hydrogen) atoms. The smallest absolute Gasteiger partial charge is 0.0662 e. The SMILES string of the molecule is CCC(O)CNC(CC)c1ccccc1Br. The third-order valence-corrected chi connectivity index (χ3v) is 3.48. The lowest BCUT2D eigenvalue weighted by atomic mass is 10.0. The van der Waals surface area contributed by atoms with E-state index in [9.17, 15) is 5.11 Å². The molecule has 0 radical (unpaired) electrons. The standard InChI is InChI=1S/C13H20BrNO/c1-3-10(16)9-15-13(4-2)11-7-5-6-8-12(11)14/h5-8,10,13,15-16H,3-4,9H2,1-2H3. The number of aliphatic hydroxyl groups is 1. The summed E-state index contributed by atoms with van der Waals surface area (Å²) in [6, 6.07) is 8.53. The highest BCUT2D eigenvalue weighted by Gasteiger charge is 2.12. The fraction of sp³-hybridized carbons (Fsp3) is 0.538. The van der Waals surface area contributed by atoms with Crippen LogP contribution in [-0.4, -0.2) is 17.8 Å². The molecule has 0 aliphatic rings. The van der Waals surface area contributed by atoms with Gasteiger partial charge in [-0.25, -0.2) is 0 Å². The summed E-state index contributed by atoms with van der Waals surface area (Å²) in [5, 5.41) is 12.9. The van der Waals surface area contributed by atoms with Gasteiger partial charge in [-0.2, -0.15) is 0 Å². The summed E-state index contributed by atoms with van der Waals surface area (Å²) in [5.74, 6) is 0. The lowest BCUT2D eigenvalue weighted by molar-refractivity contribution is 0.162. The monoisotopic (exact) mass is 285 g/mol. The highest BCUT2D eigenvalue weighted by atomic mass is 79.9. The molecule has 2 atom stereocenters. The number of hydrogen-bond donors (Lipinski definition) is 2. The van der Waals surface area contributed by atoms with Crippen molar-refractivity contribution < 1.29 is 5.11 Å². The normalized spacial score (nSPS) is 14.8. The number of benzene rings is 1. The van der Waals surface area contributed by atoms with Crippen molar-refractivity contribution in [1.82, 2.24) is 5.32 Å². The van der Waals surface area contributed by atoms with E-state index < -0.39 is 0 Å². The first-order valence-corrected chi connectivity index (χ1v) is 6.64. The molecule has 1 aromatic carbocycles. The Bertz CT molecular complexity index is 317. The summed E-state index contributed by atoms with van der Waals surface area (Å²) in [6.45, 7) is 4.79. The van der Waals surface area contributed by atoms with Crippen LogP contribution in [0.3, 0.4) is 0 Å². The van der Waals surface area contributed by atoms with E-state index in [1.54, 1.807) is 0 Å². The summed E-state index contributed by atoms with van der Waals surface area (Å²) < 4.78 is 1.13. The maximum Gasteiger partial charge on any atom is 0.0662 e. The van der Waals surface area contributed by atoms with Crippen LogP contribution in [0.25, 0.3) is 0 Å². The molecule has 0 heterocycles. The van der Waals surface area contributed by atoms with Gasteiger partial charge in [-0.1, -0.05) is 48.0 Å². The molecular formula is C13H20BrNO. The molecule has 0 fully saturated rings. The molecule has 0 aliphatic carbocycles. The van der Waals surface area contributed by atoms with Crippen LogP contribution in [0.5, 0.6) is 0 Å². The number of rotatable bonds is 6. The van der Waals surface area contributed by atoms with Crippen molar-refractivity contribution in [1.29, 1.82) is 0 Å². The minimum absolute atomic E-state index is 0.253. The molecule has 2 nitrogen and oxygen atoms in total. The quantitative estimate of drug-likeness (QED) is 0.841. The van der Waals surface area contributed by atoms with Crippen LogP contribution < -0.4 is 5.32 Å². The Morgan fingerprint density at radius 3 is 2.50 bits per heavy atom. The van der Waals surface area contributed by atoms with Gasteiger partial charge < -0.3 is 10.4 Å². The van der Waals surface area contributed by atoms with E-state index in [0.29, 0.717) is 12.6 Å². The summed E-state index contributed by atoms with van der Waals surface area (Å²) in [4.78, 5) is 0. The Morgan fingerprint density at radius 1 is 1.25 bits per heavy atom.